The lowest BCUT2D eigenvalue weighted by molar-refractivity contribution is -0.121. The highest BCUT2D eigenvalue weighted by atomic mass is 32.2. The van der Waals surface area contributed by atoms with Crippen LogP contribution < -0.4 is 5.32 Å². The van der Waals surface area contributed by atoms with Crippen LogP contribution in [0, 0.1) is 6.92 Å². The summed E-state index contributed by atoms with van der Waals surface area (Å²) in [6, 6.07) is 12.1. The van der Waals surface area contributed by atoms with Gasteiger partial charge in [0.1, 0.15) is 0 Å². The number of thioether (sulfide) groups is 1. The topological polar surface area (TPSA) is 73.0 Å². The number of carbonyl (C=O) groups excluding carboxylic acids is 1. The molecule has 1 N–H and O–H groups in total. The molecule has 28 heavy (non-hydrogen) atoms. The molecule has 0 saturated carbocycles. The number of amides is 1. The first-order chi connectivity index (χ1) is 13.6. The van der Waals surface area contributed by atoms with Gasteiger partial charge in [0.15, 0.2) is 10.9 Å². The van der Waals surface area contributed by atoms with Crippen molar-refractivity contribution >= 4 is 17.7 Å². The van der Waals surface area contributed by atoms with E-state index in [-0.39, 0.29) is 11.9 Å². The molecule has 2 heterocycles. The molecule has 1 aromatic carbocycles. The number of aryl methyl sites for hydroxylation is 1. The van der Waals surface area contributed by atoms with Gasteiger partial charge < -0.3 is 9.73 Å². The van der Waals surface area contributed by atoms with Crippen LogP contribution >= 0.6 is 11.8 Å². The average Bonchev–Trinajstić information content (AvgIpc) is 3.34. The third-order valence-corrected chi connectivity index (χ3v) is 5.45. The third kappa shape index (κ3) is 5.04. The van der Waals surface area contributed by atoms with E-state index in [0.717, 1.165) is 35.0 Å². The van der Waals surface area contributed by atoms with Crippen molar-refractivity contribution in [1.82, 2.24) is 20.1 Å². The zero-order valence-corrected chi connectivity index (χ0v) is 17.3. The number of carbonyl (C=O) groups is 1. The number of benzene rings is 1. The molecule has 0 fully saturated rings. The van der Waals surface area contributed by atoms with Gasteiger partial charge in [-0.3, -0.25) is 9.36 Å². The quantitative estimate of drug-likeness (QED) is 0.420. The molecular formula is C21H26N4O2S. The summed E-state index contributed by atoms with van der Waals surface area (Å²) in [5.41, 5.74) is 2.16. The highest BCUT2D eigenvalue weighted by molar-refractivity contribution is 7.99. The first kappa shape index (κ1) is 20.2. The number of aromatic nitrogens is 3. The van der Waals surface area contributed by atoms with Gasteiger partial charge in [-0.15, -0.1) is 10.2 Å². The van der Waals surface area contributed by atoms with E-state index in [2.05, 4.69) is 41.5 Å². The summed E-state index contributed by atoms with van der Waals surface area (Å²) in [5.74, 6) is 2.24. The number of rotatable bonds is 9. The van der Waals surface area contributed by atoms with Crippen LogP contribution in [0.1, 0.15) is 38.7 Å². The largest absolute Gasteiger partial charge is 0.461 e. The van der Waals surface area contributed by atoms with Crippen LogP contribution in [-0.2, 0) is 4.79 Å². The Kier molecular flexibility index (Phi) is 6.92. The van der Waals surface area contributed by atoms with Crippen LogP contribution in [0.3, 0.4) is 0 Å². The fourth-order valence-corrected chi connectivity index (χ4v) is 3.66. The van der Waals surface area contributed by atoms with Crippen LogP contribution in [0.4, 0.5) is 0 Å². The van der Waals surface area contributed by atoms with Gasteiger partial charge in [0, 0.05) is 18.2 Å². The molecule has 1 amide bonds. The minimum atomic E-state index is 0.103. The summed E-state index contributed by atoms with van der Waals surface area (Å²) >= 11 is 1.60. The van der Waals surface area contributed by atoms with Crippen LogP contribution in [0.15, 0.2) is 52.2 Å². The maximum atomic E-state index is 11.9. The van der Waals surface area contributed by atoms with E-state index in [4.69, 9.17) is 4.42 Å². The normalized spacial score (nSPS) is 12.1. The minimum Gasteiger partial charge on any atom is -0.461 e. The van der Waals surface area contributed by atoms with Crippen LogP contribution in [0.25, 0.3) is 17.3 Å². The predicted molar refractivity (Wildman–Crippen MR) is 112 cm³/mol. The van der Waals surface area contributed by atoms with Gasteiger partial charge in [0.05, 0.1) is 12.0 Å². The highest BCUT2D eigenvalue weighted by Gasteiger charge is 2.18. The molecule has 1 unspecified atom stereocenters. The standard InChI is InChI=1S/C21H26N4O2S/c1-4-16(3)22-19(26)11-7-13-28-21-24-23-20(18-10-6-12-27-18)25(21)17-9-5-8-15(2)14-17/h5-6,8-10,12,14,16H,4,7,11,13H2,1-3H3,(H,22,26). The Balaban J connectivity index is 1.72. The number of hydrogen-bond donors (Lipinski definition) is 1. The van der Waals surface area contributed by atoms with Crippen molar-refractivity contribution < 1.29 is 9.21 Å². The lowest BCUT2D eigenvalue weighted by atomic mass is 10.2. The first-order valence-corrected chi connectivity index (χ1v) is 10.6. The number of furan rings is 1. The van der Waals surface area contributed by atoms with E-state index in [1.165, 1.54) is 0 Å². The summed E-state index contributed by atoms with van der Waals surface area (Å²) < 4.78 is 7.55. The zero-order chi connectivity index (χ0) is 19.9. The molecule has 3 rings (SSSR count). The van der Waals surface area contributed by atoms with E-state index in [0.29, 0.717) is 18.0 Å². The molecule has 0 radical (unpaired) electrons. The molecule has 1 atom stereocenters. The molecular weight excluding hydrogens is 372 g/mol. The summed E-state index contributed by atoms with van der Waals surface area (Å²) in [6.45, 7) is 6.14. The van der Waals surface area contributed by atoms with Crippen molar-refractivity contribution in [3.8, 4) is 17.3 Å². The Hall–Kier alpha value is -2.54. The van der Waals surface area contributed by atoms with Crippen molar-refractivity contribution in [3.63, 3.8) is 0 Å². The number of nitrogens with one attached hydrogen (secondary N) is 1. The molecule has 0 bridgehead atoms. The van der Waals surface area contributed by atoms with Crippen LogP contribution in [-0.4, -0.2) is 32.5 Å². The number of hydrogen-bond acceptors (Lipinski definition) is 5. The van der Waals surface area contributed by atoms with Crippen molar-refractivity contribution in [1.29, 1.82) is 0 Å². The van der Waals surface area contributed by atoms with Gasteiger partial charge >= 0.3 is 0 Å². The lowest BCUT2D eigenvalue weighted by Crippen LogP contribution is -2.31. The monoisotopic (exact) mass is 398 g/mol. The maximum Gasteiger partial charge on any atom is 0.220 e. The average molecular weight is 399 g/mol. The molecule has 0 spiro atoms. The van der Waals surface area contributed by atoms with Crippen molar-refractivity contribution in [2.24, 2.45) is 0 Å². The first-order valence-electron chi connectivity index (χ1n) is 9.57. The summed E-state index contributed by atoms with van der Waals surface area (Å²) in [6.07, 6.45) is 3.87. The molecule has 0 aliphatic heterocycles. The molecule has 0 aliphatic carbocycles. The SMILES string of the molecule is CCC(C)NC(=O)CCCSc1nnc(-c2ccco2)n1-c1cccc(C)c1. The maximum absolute atomic E-state index is 11.9. The molecule has 3 aromatic rings. The second kappa shape index (κ2) is 9.59. The van der Waals surface area contributed by atoms with E-state index in [9.17, 15) is 4.79 Å². The molecule has 0 aliphatic rings. The van der Waals surface area contributed by atoms with Crippen LogP contribution in [0.5, 0.6) is 0 Å². The predicted octanol–water partition coefficient (Wildman–Crippen LogP) is 4.62. The summed E-state index contributed by atoms with van der Waals surface area (Å²) in [5, 5.41) is 12.5. The summed E-state index contributed by atoms with van der Waals surface area (Å²) in [4.78, 5) is 11.9. The summed E-state index contributed by atoms with van der Waals surface area (Å²) in [7, 11) is 0. The highest BCUT2D eigenvalue weighted by Crippen LogP contribution is 2.29. The van der Waals surface area contributed by atoms with Gasteiger partial charge in [0.25, 0.3) is 0 Å². The minimum absolute atomic E-state index is 0.103. The van der Waals surface area contributed by atoms with Gasteiger partial charge in [-0.05, 0) is 56.5 Å². The number of nitrogens with zero attached hydrogens (tertiary/aromatic N) is 3. The van der Waals surface area contributed by atoms with Crippen molar-refractivity contribution in [3.05, 3.63) is 48.2 Å². The van der Waals surface area contributed by atoms with Gasteiger partial charge in [-0.1, -0.05) is 30.8 Å². The van der Waals surface area contributed by atoms with E-state index in [1.807, 2.05) is 35.8 Å². The Bertz CT molecular complexity index is 905. The van der Waals surface area contributed by atoms with Crippen molar-refractivity contribution in [2.45, 2.75) is 51.2 Å². The fraction of sp³-hybridized carbons (Fsp3) is 0.381. The Morgan fingerprint density at radius 1 is 1.29 bits per heavy atom. The van der Waals surface area contributed by atoms with Gasteiger partial charge in [0.2, 0.25) is 11.7 Å². The van der Waals surface area contributed by atoms with E-state index >= 15 is 0 Å². The molecule has 2 aromatic heterocycles. The van der Waals surface area contributed by atoms with Crippen molar-refractivity contribution in [2.75, 3.05) is 5.75 Å². The van der Waals surface area contributed by atoms with E-state index < -0.39 is 0 Å². The lowest BCUT2D eigenvalue weighted by Gasteiger charge is -2.11. The second-order valence-electron chi connectivity index (χ2n) is 6.79. The molecule has 7 heteroatoms. The Morgan fingerprint density at radius 3 is 2.86 bits per heavy atom. The third-order valence-electron chi connectivity index (χ3n) is 4.43. The second-order valence-corrected chi connectivity index (χ2v) is 7.85. The Labute approximate surface area is 169 Å². The molecule has 6 nitrogen and oxygen atoms in total. The Morgan fingerprint density at radius 2 is 2.14 bits per heavy atom. The van der Waals surface area contributed by atoms with E-state index in [1.54, 1.807) is 18.0 Å². The molecule has 148 valence electrons. The van der Waals surface area contributed by atoms with Gasteiger partial charge in [-0.2, -0.15) is 0 Å². The van der Waals surface area contributed by atoms with Gasteiger partial charge in [-0.25, -0.2) is 0 Å². The zero-order valence-electron chi connectivity index (χ0n) is 16.5. The smallest absolute Gasteiger partial charge is 0.220 e. The molecule has 0 saturated heterocycles. The van der Waals surface area contributed by atoms with Crippen LogP contribution in [0.2, 0.25) is 0 Å². The fourth-order valence-electron chi connectivity index (χ4n) is 2.77.